The molecule has 28 heavy (non-hydrogen) atoms. The molecule has 0 atom stereocenters. The summed E-state index contributed by atoms with van der Waals surface area (Å²) in [4.78, 5) is 7.07. The number of para-hydroxylation sites is 1. The zero-order chi connectivity index (χ0) is 17.3. The molecular weight excluding hydrogens is 387 g/mol. The van der Waals surface area contributed by atoms with Crippen molar-refractivity contribution < 1.29 is 0 Å². The van der Waals surface area contributed by atoms with Crippen molar-refractivity contribution in [2.24, 2.45) is 0 Å². The molecule has 2 heterocycles. The van der Waals surface area contributed by atoms with Gasteiger partial charge in [-0.2, -0.15) is 0 Å². The van der Waals surface area contributed by atoms with Crippen molar-refractivity contribution >= 4 is 53.2 Å². The highest BCUT2D eigenvalue weighted by Gasteiger charge is 2.18. The van der Waals surface area contributed by atoms with E-state index in [4.69, 9.17) is 4.98 Å². The summed E-state index contributed by atoms with van der Waals surface area (Å²) in [6.07, 6.45) is 6.34. The number of nitrogens with zero attached hydrogens (tertiary/aromatic N) is 2. The molecule has 5 rings (SSSR count). The Labute approximate surface area is 177 Å². The van der Waals surface area contributed by atoms with Crippen LogP contribution in [0.4, 0.5) is 11.4 Å². The number of aromatic nitrogens is 1. The first kappa shape index (κ1) is 19.9. The molecule has 4 aromatic rings. The van der Waals surface area contributed by atoms with E-state index in [1.54, 1.807) is 0 Å². The van der Waals surface area contributed by atoms with E-state index in [2.05, 4.69) is 95.9 Å². The molecule has 0 N–H and O–H groups in total. The van der Waals surface area contributed by atoms with Crippen LogP contribution in [0.1, 0.15) is 5.56 Å². The van der Waals surface area contributed by atoms with Gasteiger partial charge >= 0.3 is 0 Å². The summed E-state index contributed by atoms with van der Waals surface area (Å²) in [6.45, 7) is 0.876. The second-order valence-corrected chi connectivity index (χ2v) is 6.47. The average Bonchev–Trinajstić information content (AvgIpc) is 2.74. The quantitative estimate of drug-likeness (QED) is 0.359. The molecule has 0 saturated carbocycles. The van der Waals surface area contributed by atoms with Crippen LogP contribution < -0.4 is 4.90 Å². The number of pyridine rings is 1. The molecule has 140 valence electrons. The molecule has 1 aliphatic heterocycles. The maximum Gasteiger partial charge on any atom is 0.0801 e. The van der Waals surface area contributed by atoms with Crippen LogP contribution in [-0.4, -0.2) is 11.5 Å². The standard InChI is InChI=1S/C24H18N2.2ClH/c1-3-8-18(9-4-1)20-15-16-25-24-21(20)13-14-23-22(24)12-7-17-26(23)19-10-5-2-6-11-19;;/h1-16H,17H2;2*1H. The van der Waals surface area contributed by atoms with Gasteiger partial charge in [-0.1, -0.05) is 66.7 Å². The normalized spacial score (nSPS) is 12.1. The Hall–Kier alpha value is -2.81. The van der Waals surface area contributed by atoms with Crippen LogP contribution >= 0.6 is 24.8 Å². The number of halogens is 2. The van der Waals surface area contributed by atoms with Crippen LogP contribution in [0, 0.1) is 0 Å². The van der Waals surface area contributed by atoms with Crippen LogP contribution in [0.15, 0.2) is 91.1 Å². The minimum absolute atomic E-state index is 0. The molecule has 0 radical (unpaired) electrons. The average molecular weight is 407 g/mol. The SMILES string of the molecule is C1=Cc2c(ccc3c(-c4ccccc4)ccnc23)N(c2ccccc2)C1.Cl.Cl. The number of rotatable bonds is 2. The molecule has 0 spiro atoms. The van der Waals surface area contributed by atoms with Gasteiger partial charge in [-0.25, -0.2) is 0 Å². The number of hydrogen-bond donors (Lipinski definition) is 0. The van der Waals surface area contributed by atoms with E-state index >= 15 is 0 Å². The lowest BCUT2D eigenvalue weighted by Gasteiger charge is -2.29. The monoisotopic (exact) mass is 406 g/mol. The van der Waals surface area contributed by atoms with E-state index in [0.717, 1.165) is 12.1 Å². The van der Waals surface area contributed by atoms with Gasteiger partial charge in [-0.3, -0.25) is 4.98 Å². The van der Waals surface area contributed by atoms with Crippen molar-refractivity contribution in [2.75, 3.05) is 11.4 Å². The summed E-state index contributed by atoms with van der Waals surface area (Å²) in [5, 5.41) is 1.19. The number of benzene rings is 3. The first-order valence-electron chi connectivity index (χ1n) is 8.88. The van der Waals surface area contributed by atoms with Gasteiger partial charge in [0, 0.05) is 29.4 Å². The molecule has 3 aromatic carbocycles. The Bertz CT molecular complexity index is 1110. The van der Waals surface area contributed by atoms with E-state index < -0.39 is 0 Å². The molecule has 1 aliphatic rings. The number of anilines is 2. The zero-order valence-corrected chi connectivity index (χ0v) is 16.8. The summed E-state index contributed by atoms with van der Waals surface area (Å²) < 4.78 is 0. The van der Waals surface area contributed by atoms with Crippen LogP contribution in [0.5, 0.6) is 0 Å². The molecular formula is C24H20Cl2N2. The summed E-state index contributed by atoms with van der Waals surface area (Å²) >= 11 is 0. The van der Waals surface area contributed by atoms with Crippen LogP contribution in [0.3, 0.4) is 0 Å². The lowest BCUT2D eigenvalue weighted by Crippen LogP contribution is -2.20. The highest BCUT2D eigenvalue weighted by Crippen LogP contribution is 2.38. The molecule has 0 unspecified atom stereocenters. The van der Waals surface area contributed by atoms with E-state index in [-0.39, 0.29) is 24.8 Å². The highest BCUT2D eigenvalue weighted by atomic mass is 35.5. The predicted octanol–water partition coefficient (Wildman–Crippen LogP) is 6.91. The molecule has 0 bridgehead atoms. The Morgan fingerprint density at radius 2 is 1.46 bits per heavy atom. The van der Waals surface area contributed by atoms with Gasteiger partial charge in [0.2, 0.25) is 0 Å². The molecule has 0 fully saturated rings. The first-order chi connectivity index (χ1) is 12.9. The third kappa shape index (κ3) is 3.37. The van der Waals surface area contributed by atoms with Crippen LogP contribution in [0.2, 0.25) is 0 Å². The molecule has 1 aromatic heterocycles. The van der Waals surface area contributed by atoms with E-state index in [1.165, 1.54) is 33.5 Å². The predicted molar refractivity (Wildman–Crippen MR) is 124 cm³/mol. The Balaban J connectivity index is 0.00000112. The Kier molecular flexibility index (Phi) is 6.03. The van der Waals surface area contributed by atoms with E-state index in [9.17, 15) is 0 Å². The summed E-state index contributed by atoms with van der Waals surface area (Å²) in [5.41, 5.74) is 7.11. The van der Waals surface area contributed by atoms with Crippen LogP contribution in [-0.2, 0) is 0 Å². The van der Waals surface area contributed by atoms with Crippen molar-refractivity contribution in [3.63, 3.8) is 0 Å². The van der Waals surface area contributed by atoms with E-state index in [0.29, 0.717) is 0 Å². The van der Waals surface area contributed by atoms with Crippen molar-refractivity contribution in [3.8, 4) is 11.1 Å². The third-order valence-electron chi connectivity index (χ3n) is 4.95. The minimum atomic E-state index is 0. The van der Waals surface area contributed by atoms with Gasteiger partial charge in [-0.05, 0) is 35.4 Å². The Morgan fingerprint density at radius 3 is 2.21 bits per heavy atom. The molecule has 0 aliphatic carbocycles. The minimum Gasteiger partial charge on any atom is -0.337 e. The second kappa shape index (κ2) is 8.47. The first-order valence-corrected chi connectivity index (χ1v) is 8.88. The smallest absolute Gasteiger partial charge is 0.0801 e. The van der Waals surface area contributed by atoms with Gasteiger partial charge in [0.15, 0.2) is 0 Å². The summed E-state index contributed by atoms with van der Waals surface area (Å²) in [7, 11) is 0. The molecule has 0 saturated heterocycles. The molecule has 0 amide bonds. The highest BCUT2D eigenvalue weighted by molar-refractivity contribution is 6.02. The zero-order valence-electron chi connectivity index (χ0n) is 15.2. The maximum atomic E-state index is 4.73. The fourth-order valence-corrected chi connectivity index (χ4v) is 3.73. The number of fused-ring (bicyclic) bond motifs is 3. The number of hydrogen-bond acceptors (Lipinski definition) is 2. The fourth-order valence-electron chi connectivity index (χ4n) is 3.73. The van der Waals surface area contributed by atoms with Gasteiger partial charge < -0.3 is 4.90 Å². The fraction of sp³-hybridized carbons (Fsp3) is 0.0417. The van der Waals surface area contributed by atoms with Crippen molar-refractivity contribution in [2.45, 2.75) is 0 Å². The van der Waals surface area contributed by atoms with Gasteiger partial charge in [0.1, 0.15) is 0 Å². The van der Waals surface area contributed by atoms with Crippen molar-refractivity contribution in [3.05, 3.63) is 96.7 Å². The van der Waals surface area contributed by atoms with Crippen LogP contribution in [0.25, 0.3) is 28.1 Å². The maximum absolute atomic E-state index is 4.73. The summed E-state index contributed by atoms with van der Waals surface area (Å²) in [6, 6.07) is 27.6. The molecule has 4 heteroatoms. The Morgan fingerprint density at radius 1 is 0.750 bits per heavy atom. The van der Waals surface area contributed by atoms with Gasteiger partial charge in [0.25, 0.3) is 0 Å². The van der Waals surface area contributed by atoms with Gasteiger partial charge in [0.05, 0.1) is 11.2 Å². The van der Waals surface area contributed by atoms with E-state index in [1.807, 2.05) is 6.20 Å². The molecule has 2 nitrogen and oxygen atoms in total. The summed E-state index contributed by atoms with van der Waals surface area (Å²) in [5.74, 6) is 0. The lowest BCUT2D eigenvalue weighted by atomic mass is 9.96. The lowest BCUT2D eigenvalue weighted by molar-refractivity contribution is 1.08. The topological polar surface area (TPSA) is 16.1 Å². The third-order valence-corrected chi connectivity index (χ3v) is 4.95. The van der Waals surface area contributed by atoms with Crippen molar-refractivity contribution in [1.82, 2.24) is 4.98 Å². The largest absolute Gasteiger partial charge is 0.337 e. The van der Waals surface area contributed by atoms with Gasteiger partial charge in [-0.15, -0.1) is 24.8 Å². The second-order valence-electron chi connectivity index (χ2n) is 6.47. The van der Waals surface area contributed by atoms with Crippen molar-refractivity contribution in [1.29, 1.82) is 0 Å².